The monoisotopic (exact) mass is 212 g/mol. The average molecular weight is 212 g/mol. The molecule has 3 heterocycles. The van der Waals surface area contributed by atoms with Crippen LogP contribution in [0.5, 0.6) is 0 Å². The van der Waals surface area contributed by atoms with Crippen molar-refractivity contribution in [3.05, 3.63) is 37.2 Å². The highest BCUT2D eigenvalue weighted by atomic mass is 15.1. The van der Waals surface area contributed by atoms with Gasteiger partial charge in [-0.15, -0.1) is 0 Å². The molecule has 0 saturated heterocycles. The molecule has 0 atom stereocenters. The van der Waals surface area contributed by atoms with Crippen LogP contribution >= 0.6 is 0 Å². The van der Waals surface area contributed by atoms with Crippen LogP contribution in [-0.4, -0.2) is 24.9 Å². The highest BCUT2D eigenvalue weighted by Gasteiger charge is 2.00. The zero-order valence-corrected chi connectivity index (χ0v) is 8.25. The Balaban J connectivity index is 1.94. The zero-order valence-electron chi connectivity index (χ0n) is 8.25. The fourth-order valence-corrected chi connectivity index (χ4v) is 1.40. The van der Waals surface area contributed by atoms with Crippen LogP contribution in [0, 0.1) is 0 Å². The number of nitrogens with one attached hydrogen (secondary N) is 2. The molecule has 0 amide bonds. The highest BCUT2D eigenvalue weighted by Crippen LogP contribution is 2.15. The molecule has 0 saturated carbocycles. The Bertz CT molecular complexity index is 603. The Hall–Kier alpha value is -2.50. The number of rotatable bonds is 2. The van der Waals surface area contributed by atoms with Crippen LogP contribution in [0.1, 0.15) is 0 Å². The molecule has 0 radical (unpaired) electrons. The molecule has 78 valence electrons. The molecule has 0 bridgehead atoms. The molecule has 0 aliphatic heterocycles. The van der Waals surface area contributed by atoms with E-state index in [9.17, 15) is 0 Å². The second-order valence-electron chi connectivity index (χ2n) is 3.20. The second-order valence-corrected chi connectivity index (χ2v) is 3.20. The molecule has 0 aliphatic carbocycles. The molecule has 6 heteroatoms. The van der Waals surface area contributed by atoms with E-state index in [1.165, 1.54) is 0 Å². The molecule has 3 rings (SSSR count). The predicted molar refractivity (Wildman–Crippen MR) is 59.2 cm³/mol. The van der Waals surface area contributed by atoms with Crippen LogP contribution in [0.15, 0.2) is 37.2 Å². The topological polar surface area (TPSA) is 79.4 Å². The summed E-state index contributed by atoms with van der Waals surface area (Å²) in [6.45, 7) is 0. The fraction of sp³-hybridized carbons (Fsp3) is 0. The maximum absolute atomic E-state index is 4.22. The number of aromatic nitrogens is 5. The van der Waals surface area contributed by atoms with Crippen molar-refractivity contribution in [2.45, 2.75) is 0 Å². The summed E-state index contributed by atoms with van der Waals surface area (Å²) < 4.78 is 0. The lowest BCUT2D eigenvalue weighted by molar-refractivity contribution is 1.18. The van der Waals surface area contributed by atoms with Crippen molar-refractivity contribution < 1.29 is 0 Å². The number of imidazole rings is 1. The normalized spacial score (nSPS) is 10.5. The number of hydrogen-bond donors (Lipinski definition) is 2. The van der Waals surface area contributed by atoms with E-state index in [1.807, 2.05) is 6.07 Å². The lowest BCUT2D eigenvalue weighted by Crippen LogP contribution is -1.95. The van der Waals surface area contributed by atoms with Gasteiger partial charge in [-0.1, -0.05) is 0 Å². The second kappa shape index (κ2) is 3.58. The Morgan fingerprint density at radius 3 is 2.88 bits per heavy atom. The van der Waals surface area contributed by atoms with Gasteiger partial charge < -0.3 is 10.3 Å². The van der Waals surface area contributed by atoms with E-state index >= 15 is 0 Å². The molecule has 2 N–H and O–H groups in total. The number of nitrogens with zero attached hydrogens (tertiary/aromatic N) is 4. The third-order valence-corrected chi connectivity index (χ3v) is 2.13. The molecular weight excluding hydrogens is 204 g/mol. The third-order valence-electron chi connectivity index (χ3n) is 2.13. The smallest absolute Gasteiger partial charge is 0.150 e. The number of anilines is 2. The molecule has 3 aromatic heterocycles. The first-order valence-corrected chi connectivity index (χ1v) is 4.74. The Labute approximate surface area is 90.8 Å². The van der Waals surface area contributed by atoms with Gasteiger partial charge in [0.05, 0.1) is 29.8 Å². The summed E-state index contributed by atoms with van der Waals surface area (Å²) in [5, 5.41) is 3.05. The maximum Gasteiger partial charge on any atom is 0.150 e. The molecule has 0 spiro atoms. The Morgan fingerprint density at radius 2 is 2.00 bits per heavy atom. The van der Waals surface area contributed by atoms with Crippen molar-refractivity contribution in [2.24, 2.45) is 0 Å². The van der Waals surface area contributed by atoms with Crippen molar-refractivity contribution >= 4 is 22.7 Å². The van der Waals surface area contributed by atoms with Crippen LogP contribution in [0.25, 0.3) is 11.0 Å². The van der Waals surface area contributed by atoms with E-state index in [1.54, 1.807) is 31.1 Å². The SMILES string of the molecule is c1cnc(Nc2cc3nc[nH]c3cn2)cn1. The molecule has 0 unspecified atom stereocenters. The number of hydrogen-bond acceptors (Lipinski definition) is 5. The number of pyridine rings is 1. The van der Waals surface area contributed by atoms with E-state index in [-0.39, 0.29) is 0 Å². The molecular formula is C10H8N6. The highest BCUT2D eigenvalue weighted by molar-refractivity contribution is 5.77. The van der Waals surface area contributed by atoms with Gasteiger partial charge in [-0.25, -0.2) is 15.0 Å². The summed E-state index contributed by atoms with van der Waals surface area (Å²) in [6.07, 6.45) is 8.24. The van der Waals surface area contributed by atoms with Gasteiger partial charge in [-0.2, -0.15) is 0 Å². The molecule has 3 aromatic rings. The summed E-state index contributed by atoms with van der Waals surface area (Å²) in [7, 11) is 0. The van der Waals surface area contributed by atoms with Gasteiger partial charge in [0.1, 0.15) is 11.6 Å². The fourth-order valence-electron chi connectivity index (χ4n) is 1.40. The largest absolute Gasteiger partial charge is 0.343 e. The minimum absolute atomic E-state index is 0.657. The first-order chi connectivity index (χ1) is 7.92. The third kappa shape index (κ3) is 1.56. The minimum atomic E-state index is 0.657. The summed E-state index contributed by atoms with van der Waals surface area (Å²) >= 11 is 0. The molecule has 0 fully saturated rings. The van der Waals surface area contributed by atoms with Crippen LogP contribution in [-0.2, 0) is 0 Å². The van der Waals surface area contributed by atoms with E-state index in [0.717, 1.165) is 11.0 Å². The Morgan fingerprint density at radius 1 is 1.00 bits per heavy atom. The van der Waals surface area contributed by atoms with Crippen molar-refractivity contribution in [3.8, 4) is 0 Å². The van der Waals surface area contributed by atoms with Crippen molar-refractivity contribution in [3.63, 3.8) is 0 Å². The van der Waals surface area contributed by atoms with E-state index < -0.39 is 0 Å². The molecule has 6 nitrogen and oxygen atoms in total. The van der Waals surface area contributed by atoms with Gasteiger partial charge in [0.25, 0.3) is 0 Å². The predicted octanol–water partition coefficient (Wildman–Crippen LogP) is 1.49. The van der Waals surface area contributed by atoms with Gasteiger partial charge in [0, 0.05) is 18.5 Å². The van der Waals surface area contributed by atoms with Crippen LogP contribution < -0.4 is 5.32 Å². The lowest BCUT2D eigenvalue weighted by atomic mass is 10.4. The number of aromatic amines is 1. The maximum atomic E-state index is 4.22. The number of fused-ring (bicyclic) bond motifs is 1. The zero-order chi connectivity index (χ0) is 10.8. The van der Waals surface area contributed by atoms with Crippen LogP contribution in [0.3, 0.4) is 0 Å². The minimum Gasteiger partial charge on any atom is -0.343 e. The first kappa shape index (κ1) is 8.78. The summed E-state index contributed by atoms with van der Waals surface area (Å²) in [6, 6.07) is 1.85. The van der Waals surface area contributed by atoms with Crippen molar-refractivity contribution in [1.82, 2.24) is 24.9 Å². The average Bonchev–Trinajstić information content (AvgIpc) is 2.77. The summed E-state index contributed by atoms with van der Waals surface area (Å²) in [4.78, 5) is 19.4. The summed E-state index contributed by atoms with van der Waals surface area (Å²) in [5.41, 5.74) is 1.77. The standard InChI is InChI=1S/C10H8N6/c1-2-12-10(5-11-1)16-9-3-7-8(4-13-9)15-6-14-7/h1-6H,(H,14,15)(H,12,13,16). The quantitative estimate of drug-likeness (QED) is 0.672. The van der Waals surface area contributed by atoms with Gasteiger partial charge in [0.2, 0.25) is 0 Å². The van der Waals surface area contributed by atoms with Gasteiger partial charge in [0.15, 0.2) is 0 Å². The number of H-pyrrole nitrogens is 1. The lowest BCUT2D eigenvalue weighted by Gasteiger charge is -2.02. The molecule has 0 aromatic carbocycles. The first-order valence-electron chi connectivity index (χ1n) is 4.74. The van der Waals surface area contributed by atoms with Crippen LogP contribution in [0.2, 0.25) is 0 Å². The van der Waals surface area contributed by atoms with Gasteiger partial charge >= 0.3 is 0 Å². The van der Waals surface area contributed by atoms with Gasteiger partial charge in [-0.05, 0) is 0 Å². The van der Waals surface area contributed by atoms with E-state index in [4.69, 9.17) is 0 Å². The van der Waals surface area contributed by atoms with Crippen molar-refractivity contribution in [2.75, 3.05) is 5.32 Å². The Kier molecular flexibility index (Phi) is 1.96. The summed E-state index contributed by atoms with van der Waals surface area (Å²) in [5.74, 6) is 1.35. The van der Waals surface area contributed by atoms with Crippen LogP contribution in [0.4, 0.5) is 11.6 Å². The van der Waals surface area contributed by atoms with E-state index in [2.05, 4.69) is 30.2 Å². The van der Waals surface area contributed by atoms with Gasteiger partial charge in [-0.3, -0.25) is 4.98 Å². The van der Waals surface area contributed by atoms with E-state index in [0.29, 0.717) is 11.6 Å². The molecule has 0 aliphatic rings. The molecule has 16 heavy (non-hydrogen) atoms. The van der Waals surface area contributed by atoms with Crippen molar-refractivity contribution in [1.29, 1.82) is 0 Å².